The number of pyridine rings is 1. The maximum atomic E-state index is 4.38. The van der Waals surface area contributed by atoms with Crippen molar-refractivity contribution in [2.45, 2.75) is 6.92 Å². The Morgan fingerprint density at radius 3 is 3.06 bits per heavy atom. The quantitative estimate of drug-likeness (QED) is 0.817. The maximum Gasteiger partial charge on any atom is 0.243 e. The standard InChI is InChI=1S/C10H14BrN5/c1-2-12-5-6-13-10-14-9-8(11)4-3-7-16(9)15-10/h3-4,7,12H,2,5-6H2,1H3,(H,13,15). The Kier molecular flexibility index (Phi) is 3.74. The molecule has 0 bridgehead atoms. The van der Waals surface area contributed by atoms with E-state index in [1.54, 1.807) is 4.52 Å². The summed E-state index contributed by atoms with van der Waals surface area (Å²) in [6, 6.07) is 3.88. The molecule has 0 atom stereocenters. The average Bonchev–Trinajstić information content (AvgIpc) is 2.69. The van der Waals surface area contributed by atoms with Gasteiger partial charge in [0, 0.05) is 19.3 Å². The summed E-state index contributed by atoms with van der Waals surface area (Å²) in [6.45, 7) is 4.79. The molecule has 2 aromatic rings. The van der Waals surface area contributed by atoms with Crippen LogP contribution >= 0.6 is 15.9 Å². The highest BCUT2D eigenvalue weighted by atomic mass is 79.9. The Morgan fingerprint density at radius 2 is 2.31 bits per heavy atom. The lowest BCUT2D eigenvalue weighted by Gasteiger charge is -2.00. The minimum Gasteiger partial charge on any atom is -0.352 e. The van der Waals surface area contributed by atoms with Crippen molar-refractivity contribution in [2.24, 2.45) is 0 Å². The lowest BCUT2D eigenvalue weighted by Crippen LogP contribution is -2.21. The van der Waals surface area contributed by atoms with Crippen LogP contribution in [0, 0.1) is 0 Å². The summed E-state index contributed by atoms with van der Waals surface area (Å²) in [5.74, 6) is 0.657. The predicted octanol–water partition coefficient (Wildman–Crippen LogP) is 1.51. The lowest BCUT2D eigenvalue weighted by molar-refractivity contribution is 0.736. The molecule has 0 aliphatic carbocycles. The van der Waals surface area contributed by atoms with Gasteiger partial charge < -0.3 is 10.6 Å². The van der Waals surface area contributed by atoms with E-state index in [4.69, 9.17) is 0 Å². The zero-order valence-corrected chi connectivity index (χ0v) is 10.7. The molecule has 0 aromatic carbocycles. The third-order valence-corrected chi connectivity index (χ3v) is 2.77. The summed E-state index contributed by atoms with van der Waals surface area (Å²) in [7, 11) is 0. The van der Waals surface area contributed by atoms with Crippen molar-refractivity contribution < 1.29 is 0 Å². The number of fused-ring (bicyclic) bond motifs is 1. The van der Waals surface area contributed by atoms with Crippen molar-refractivity contribution in [3.8, 4) is 0 Å². The number of likely N-dealkylation sites (N-methyl/N-ethyl adjacent to an activating group) is 1. The second kappa shape index (κ2) is 5.27. The van der Waals surface area contributed by atoms with E-state index in [-0.39, 0.29) is 0 Å². The molecule has 0 fully saturated rings. The molecule has 0 saturated heterocycles. The molecule has 0 aliphatic rings. The highest BCUT2D eigenvalue weighted by Gasteiger charge is 2.04. The van der Waals surface area contributed by atoms with Gasteiger partial charge in [-0.05, 0) is 34.6 Å². The molecule has 2 rings (SSSR count). The number of hydrogen-bond donors (Lipinski definition) is 2. The van der Waals surface area contributed by atoms with E-state index in [9.17, 15) is 0 Å². The SMILES string of the molecule is CCNCCNc1nc2c(Br)cccn2n1. The molecule has 2 N–H and O–H groups in total. The molecule has 0 radical (unpaired) electrons. The number of nitrogens with one attached hydrogen (secondary N) is 2. The summed E-state index contributed by atoms with van der Waals surface area (Å²) in [5.41, 5.74) is 0.827. The van der Waals surface area contributed by atoms with Crippen molar-refractivity contribution in [3.05, 3.63) is 22.8 Å². The van der Waals surface area contributed by atoms with Gasteiger partial charge in [0.05, 0.1) is 4.47 Å². The van der Waals surface area contributed by atoms with Crippen LogP contribution in [0.5, 0.6) is 0 Å². The third kappa shape index (κ3) is 2.51. The van der Waals surface area contributed by atoms with Crippen LogP contribution in [0.1, 0.15) is 6.92 Å². The minimum atomic E-state index is 0.657. The number of nitrogens with zero attached hydrogens (tertiary/aromatic N) is 3. The molecule has 6 heteroatoms. The average molecular weight is 284 g/mol. The second-order valence-corrected chi connectivity index (χ2v) is 4.19. The van der Waals surface area contributed by atoms with E-state index >= 15 is 0 Å². The largest absolute Gasteiger partial charge is 0.352 e. The van der Waals surface area contributed by atoms with Crippen LogP contribution in [-0.4, -0.2) is 34.2 Å². The molecule has 16 heavy (non-hydrogen) atoms. The molecular formula is C10H14BrN5. The fourth-order valence-corrected chi connectivity index (χ4v) is 1.81. The van der Waals surface area contributed by atoms with Crippen molar-refractivity contribution >= 4 is 27.5 Å². The van der Waals surface area contributed by atoms with Crippen LogP contribution in [0.15, 0.2) is 22.8 Å². The smallest absolute Gasteiger partial charge is 0.243 e. The molecule has 0 amide bonds. The Labute approximate surface area is 102 Å². The van der Waals surface area contributed by atoms with E-state index in [0.717, 1.165) is 29.8 Å². The summed E-state index contributed by atoms with van der Waals surface area (Å²) < 4.78 is 2.70. The van der Waals surface area contributed by atoms with Crippen molar-refractivity contribution in [1.29, 1.82) is 0 Å². The molecule has 5 nitrogen and oxygen atoms in total. The van der Waals surface area contributed by atoms with Crippen molar-refractivity contribution in [2.75, 3.05) is 25.0 Å². The number of aromatic nitrogens is 3. The highest BCUT2D eigenvalue weighted by Crippen LogP contribution is 2.16. The van der Waals surface area contributed by atoms with Gasteiger partial charge in [0.25, 0.3) is 0 Å². The number of rotatable bonds is 5. The molecule has 0 saturated carbocycles. The number of halogens is 1. The zero-order chi connectivity index (χ0) is 11.4. The first-order chi connectivity index (χ1) is 7.81. The fraction of sp³-hybridized carbons (Fsp3) is 0.400. The zero-order valence-electron chi connectivity index (χ0n) is 9.07. The summed E-state index contributed by atoms with van der Waals surface area (Å²) >= 11 is 3.44. The van der Waals surface area contributed by atoms with Crippen LogP contribution in [0.3, 0.4) is 0 Å². The summed E-state index contributed by atoms with van der Waals surface area (Å²) in [6.07, 6.45) is 1.88. The second-order valence-electron chi connectivity index (χ2n) is 3.34. The number of hydrogen-bond acceptors (Lipinski definition) is 4. The van der Waals surface area contributed by atoms with Crippen LogP contribution in [0.4, 0.5) is 5.95 Å². The van der Waals surface area contributed by atoms with Crippen molar-refractivity contribution in [1.82, 2.24) is 19.9 Å². The Balaban J connectivity index is 2.05. The Morgan fingerprint density at radius 1 is 1.44 bits per heavy atom. The van der Waals surface area contributed by atoms with Crippen LogP contribution in [-0.2, 0) is 0 Å². The molecule has 0 spiro atoms. The molecular weight excluding hydrogens is 270 g/mol. The number of anilines is 1. The van der Waals surface area contributed by atoms with E-state index in [1.807, 2.05) is 18.3 Å². The van der Waals surface area contributed by atoms with Crippen LogP contribution in [0.25, 0.3) is 5.65 Å². The maximum absolute atomic E-state index is 4.38. The van der Waals surface area contributed by atoms with Gasteiger partial charge in [0.2, 0.25) is 5.95 Å². The van der Waals surface area contributed by atoms with E-state index in [1.165, 1.54) is 0 Å². The third-order valence-electron chi connectivity index (χ3n) is 2.15. The van der Waals surface area contributed by atoms with E-state index < -0.39 is 0 Å². The van der Waals surface area contributed by atoms with Gasteiger partial charge in [-0.3, -0.25) is 0 Å². The van der Waals surface area contributed by atoms with Gasteiger partial charge in [-0.1, -0.05) is 6.92 Å². The first-order valence-electron chi connectivity index (χ1n) is 5.26. The summed E-state index contributed by atoms with van der Waals surface area (Å²) in [4.78, 5) is 4.38. The van der Waals surface area contributed by atoms with Gasteiger partial charge >= 0.3 is 0 Å². The molecule has 0 unspecified atom stereocenters. The fourth-order valence-electron chi connectivity index (χ4n) is 1.39. The monoisotopic (exact) mass is 283 g/mol. The molecule has 2 aromatic heterocycles. The first-order valence-corrected chi connectivity index (χ1v) is 6.06. The Bertz CT molecular complexity index is 467. The highest BCUT2D eigenvalue weighted by molar-refractivity contribution is 9.10. The van der Waals surface area contributed by atoms with Gasteiger partial charge in [0.15, 0.2) is 5.65 Å². The Hall–Kier alpha value is -1.14. The van der Waals surface area contributed by atoms with Gasteiger partial charge in [-0.2, -0.15) is 4.98 Å². The van der Waals surface area contributed by atoms with E-state index in [0.29, 0.717) is 5.95 Å². The topological polar surface area (TPSA) is 54.2 Å². The van der Waals surface area contributed by atoms with Gasteiger partial charge in [0.1, 0.15) is 0 Å². The lowest BCUT2D eigenvalue weighted by atomic mass is 10.5. The summed E-state index contributed by atoms with van der Waals surface area (Å²) in [5, 5.41) is 10.7. The predicted molar refractivity (Wildman–Crippen MR) is 67.7 cm³/mol. The molecule has 2 heterocycles. The van der Waals surface area contributed by atoms with Crippen LogP contribution in [0.2, 0.25) is 0 Å². The van der Waals surface area contributed by atoms with Gasteiger partial charge in [-0.15, -0.1) is 5.10 Å². The normalized spacial score (nSPS) is 10.9. The molecule has 86 valence electrons. The van der Waals surface area contributed by atoms with Gasteiger partial charge in [-0.25, -0.2) is 4.52 Å². The van der Waals surface area contributed by atoms with Crippen molar-refractivity contribution in [3.63, 3.8) is 0 Å². The minimum absolute atomic E-state index is 0.657. The first kappa shape index (κ1) is 11.3. The molecule has 0 aliphatic heterocycles. The van der Waals surface area contributed by atoms with E-state index in [2.05, 4.69) is 43.6 Å². The van der Waals surface area contributed by atoms with Crippen LogP contribution < -0.4 is 10.6 Å².